The smallest absolute Gasteiger partial charge is 0.137 e. The van der Waals surface area contributed by atoms with Crippen LogP contribution in [0.3, 0.4) is 0 Å². The third kappa shape index (κ3) is 4.49. The number of aliphatic hydroxyl groups excluding tert-OH is 1. The van der Waals surface area contributed by atoms with Crippen molar-refractivity contribution in [2.24, 2.45) is 0 Å². The van der Waals surface area contributed by atoms with Crippen molar-refractivity contribution in [3.05, 3.63) is 29.8 Å². The van der Waals surface area contributed by atoms with Gasteiger partial charge in [-0.1, -0.05) is 12.1 Å². The normalized spacial score (nSPS) is 20.1. The van der Waals surface area contributed by atoms with E-state index in [9.17, 15) is 5.11 Å². The number of hydrogen-bond donors (Lipinski definition) is 2. The molecule has 0 amide bonds. The number of rotatable bonds is 6. The molecule has 1 heterocycles. The predicted molar refractivity (Wildman–Crippen MR) is 74.5 cm³/mol. The molecule has 2 rings (SSSR count). The Morgan fingerprint density at radius 3 is 3.10 bits per heavy atom. The summed E-state index contributed by atoms with van der Waals surface area (Å²) in [5.41, 5.74) is 0.480. The SMILES string of the molecule is N#Cc1ccccc1OCC(O)CNC1CCCOC1. The van der Waals surface area contributed by atoms with Crippen LogP contribution in [-0.2, 0) is 4.74 Å². The van der Waals surface area contributed by atoms with Gasteiger partial charge in [0.25, 0.3) is 0 Å². The van der Waals surface area contributed by atoms with Crippen molar-refractivity contribution in [1.82, 2.24) is 5.32 Å². The number of aliphatic hydroxyl groups is 1. The Morgan fingerprint density at radius 2 is 2.35 bits per heavy atom. The van der Waals surface area contributed by atoms with Crippen LogP contribution in [0.2, 0.25) is 0 Å². The fourth-order valence-electron chi connectivity index (χ4n) is 2.13. The summed E-state index contributed by atoms with van der Waals surface area (Å²) in [5.74, 6) is 0.509. The zero-order valence-corrected chi connectivity index (χ0v) is 11.4. The molecular weight excluding hydrogens is 256 g/mol. The summed E-state index contributed by atoms with van der Waals surface area (Å²) in [6.45, 7) is 2.15. The number of hydrogen-bond acceptors (Lipinski definition) is 5. The zero-order chi connectivity index (χ0) is 14.2. The van der Waals surface area contributed by atoms with Gasteiger partial charge < -0.3 is 19.9 Å². The minimum atomic E-state index is -0.608. The molecule has 0 spiro atoms. The van der Waals surface area contributed by atoms with E-state index >= 15 is 0 Å². The number of nitrogens with one attached hydrogen (secondary N) is 1. The topological polar surface area (TPSA) is 74.5 Å². The Balaban J connectivity index is 1.72. The van der Waals surface area contributed by atoms with Crippen molar-refractivity contribution >= 4 is 0 Å². The fraction of sp³-hybridized carbons (Fsp3) is 0.533. The van der Waals surface area contributed by atoms with E-state index in [2.05, 4.69) is 11.4 Å². The molecule has 1 aliphatic heterocycles. The van der Waals surface area contributed by atoms with Crippen LogP contribution in [0.5, 0.6) is 5.75 Å². The van der Waals surface area contributed by atoms with Crippen LogP contribution in [0.4, 0.5) is 0 Å². The van der Waals surface area contributed by atoms with Crippen molar-refractivity contribution < 1.29 is 14.6 Å². The summed E-state index contributed by atoms with van der Waals surface area (Å²) >= 11 is 0. The van der Waals surface area contributed by atoms with Gasteiger partial charge >= 0.3 is 0 Å². The van der Waals surface area contributed by atoms with E-state index in [0.717, 1.165) is 19.4 Å². The molecule has 20 heavy (non-hydrogen) atoms. The summed E-state index contributed by atoms with van der Waals surface area (Å²) in [7, 11) is 0. The molecule has 2 atom stereocenters. The standard InChI is InChI=1S/C15H20N2O3/c16-8-12-4-1-2-6-15(12)20-11-14(18)9-17-13-5-3-7-19-10-13/h1-2,4,6,13-14,17-18H,3,5,7,9-11H2. The number of nitriles is 1. The molecule has 108 valence electrons. The highest BCUT2D eigenvalue weighted by molar-refractivity contribution is 5.42. The molecule has 0 aliphatic carbocycles. The molecule has 1 saturated heterocycles. The molecule has 1 aromatic rings. The molecule has 0 radical (unpaired) electrons. The molecular formula is C15H20N2O3. The number of ether oxygens (including phenoxy) is 2. The van der Waals surface area contributed by atoms with E-state index < -0.39 is 6.10 Å². The lowest BCUT2D eigenvalue weighted by atomic mass is 10.1. The average molecular weight is 276 g/mol. The monoisotopic (exact) mass is 276 g/mol. The highest BCUT2D eigenvalue weighted by Crippen LogP contribution is 2.16. The summed E-state index contributed by atoms with van der Waals surface area (Å²) in [5, 5.41) is 22.1. The third-order valence-electron chi connectivity index (χ3n) is 3.24. The fourth-order valence-corrected chi connectivity index (χ4v) is 2.13. The predicted octanol–water partition coefficient (Wildman–Crippen LogP) is 1.07. The molecule has 5 heteroatoms. The van der Waals surface area contributed by atoms with E-state index in [1.54, 1.807) is 24.3 Å². The molecule has 1 aliphatic rings. The lowest BCUT2D eigenvalue weighted by molar-refractivity contribution is 0.0572. The minimum Gasteiger partial charge on any atom is -0.489 e. The summed E-state index contributed by atoms with van der Waals surface area (Å²) < 4.78 is 10.8. The quantitative estimate of drug-likeness (QED) is 0.813. The van der Waals surface area contributed by atoms with Crippen LogP contribution in [-0.4, -0.2) is 43.6 Å². The Hall–Kier alpha value is -1.61. The van der Waals surface area contributed by atoms with Crippen molar-refractivity contribution in [2.45, 2.75) is 25.0 Å². The van der Waals surface area contributed by atoms with Crippen LogP contribution in [0, 0.1) is 11.3 Å². The molecule has 1 aromatic carbocycles. The van der Waals surface area contributed by atoms with Gasteiger partial charge in [-0.25, -0.2) is 0 Å². The molecule has 0 saturated carbocycles. The highest BCUT2D eigenvalue weighted by atomic mass is 16.5. The van der Waals surface area contributed by atoms with Gasteiger partial charge in [-0.05, 0) is 25.0 Å². The van der Waals surface area contributed by atoms with E-state index in [0.29, 0.717) is 30.5 Å². The Kier molecular flexibility index (Phi) is 5.81. The van der Waals surface area contributed by atoms with Crippen LogP contribution >= 0.6 is 0 Å². The molecule has 5 nitrogen and oxygen atoms in total. The first kappa shape index (κ1) is 14.8. The van der Waals surface area contributed by atoms with Gasteiger partial charge in [0.15, 0.2) is 0 Å². The molecule has 2 N–H and O–H groups in total. The van der Waals surface area contributed by atoms with Gasteiger partial charge in [0, 0.05) is 19.2 Å². The van der Waals surface area contributed by atoms with Crippen molar-refractivity contribution in [1.29, 1.82) is 5.26 Å². The lowest BCUT2D eigenvalue weighted by Crippen LogP contribution is -2.42. The van der Waals surface area contributed by atoms with Gasteiger partial charge in [-0.3, -0.25) is 0 Å². The maximum atomic E-state index is 9.89. The lowest BCUT2D eigenvalue weighted by Gasteiger charge is -2.24. The second-order valence-electron chi connectivity index (χ2n) is 4.90. The van der Waals surface area contributed by atoms with Crippen LogP contribution < -0.4 is 10.1 Å². The molecule has 0 bridgehead atoms. The van der Waals surface area contributed by atoms with Gasteiger partial charge in [-0.2, -0.15) is 5.26 Å². The van der Waals surface area contributed by atoms with E-state index in [-0.39, 0.29) is 6.61 Å². The van der Waals surface area contributed by atoms with Crippen molar-refractivity contribution in [3.63, 3.8) is 0 Å². The first-order valence-corrected chi connectivity index (χ1v) is 6.90. The maximum absolute atomic E-state index is 9.89. The molecule has 1 fully saturated rings. The van der Waals surface area contributed by atoms with E-state index in [1.165, 1.54) is 0 Å². The first-order chi connectivity index (χ1) is 9.79. The van der Waals surface area contributed by atoms with Crippen molar-refractivity contribution in [2.75, 3.05) is 26.4 Å². The van der Waals surface area contributed by atoms with E-state index in [4.69, 9.17) is 14.7 Å². The van der Waals surface area contributed by atoms with E-state index in [1.807, 2.05) is 0 Å². The summed E-state index contributed by atoms with van der Waals surface area (Å²) in [6, 6.07) is 9.39. The Labute approximate surface area is 119 Å². The summed E-state index contributed by atoms with van der Waals surface area (Å²) in [4.78, 5) is 0. The summed E-state index contributed by atoms with van der Waals surface area (Å²) in [6.07, 6.45) is 1.52. The number of nitrogens with zero attached hydrogens (tertiary/aromatic N) is 1. The second kappa shape index (κ2) is 7.85. The number of para-hydroxylation sites is 1. The molecule has 0 aromatic heterocycles. The Morgan fingerprint density at radius 1 is 1.50 bits per heavy atom. The van der Waals surface area contributed by atoms with Gasteiger partial charge in [0.1, 0.15) is 24.5 Å². The zero-order valence-electron chi connectivity index (χ0n) is 11.4. The van der Waals surface area contributed by atoms with Crippen LogP contribution in [0.25, 0.3) is 0 Å². The largest absolute Gasteiger partial charge is 0.489 e. The van der Waals surface area contributed by atoms with Gasteiger partial charge in [-0.15, -0.1) is 0 Å². The van der Waals surface area contributed by atoms with Gasteiger partial charge in [0.2, 0.25) is 0 Å². The third-order valence-corrected chi connectivity index (χ3v) is 3.24. The average Bonchev–Trinajstić information content (AvgIpc) is 2.52. The van der Waals surface area contributed by atoms with Crippen LogP contribution in [0.15, 0.2) is 24.3 Å². The highest BCUT2D eigenvalue weighted by Gasteiger charge is 2.15. The first-order valence-electron chi connectivity index (χ1n) is 6.90. The maximum Gasteiger partial charge on any atom is 0.137 e. The van der Waals surface area contributed by atoms with Crippen LogP contribution in [0.1, 0.15) is 18.4 Å². The van der Waals surface area contributed by atoms with Crippen molar-refractivity contribution in [3.8, 4) is 11.8 Å². The minimum absolute atomic E-state index is 0.166. The van der Waals surface area contributed by atoms with Gasteiger partial charge in [0.05, 0.1) is 12.2 Å². The number of benzene rings is 1. The second-order valence-corrected chi connectivity index (χ2v) is 4.90. The Bertz CT molecular complexity index is 453. The molecule has 2 unspecified atom stereocenters.